The molecule has 0 fully saturated rings. The first-order chi connectivity index (χ1) is 13.7. The average Bonchev–Trinajstić information content (AvgIpc) is 2.64. The Bertz CT molecular complexity index is 1180. The van der Waals surface area contributed by atoms with Crippen LogP contribution in [0.15, 0.2) is 47.3 Å². The third-order valence-electron chi connectivity index (χ3n) is 4.27. The van der Waals surface area contributed by atoms with Crippen LogP contribution in [0.4, 0.5) is 15.9 Å². The Labute approximate surface area is 184 Å². The number of nitrogens with zero attached hydrogens (tertiary/aromatic N) is 1. The average molecular weight is 528 g/mol. The van der Waals surface area contributed by atoms with E-state index in [4.69, 9.17) is 22.1 Å². The van der Waals surface area contributed by atoms with Gasteiger partial charge in [-0.2, -0.15) is 0 Å². The molecule has 1 aromatic heterocycles. The van der Waals surface area contributed by atoms with Crippen LogP contribution in [-0.4, -0.2) is 10.5 Å². The van der Waals surface area contributed by atoms with Gasteiger partial charge in [0.25, 0.3) is 11.5 Å². The molecule has 0 atom stereocenters. The second-order valence-corrected chi connectivity index (χ2v) is 7.86. The molecule has 6 nitrogen and oxygen atoms in total. The summed E-state index contributed by atoms with van der Waals surface area (Å²) in [7, 11) is 1.44. The molecular formula is C20H16ClFIN3O3. The quantitative estimate of drug-likeness (QED) is 0.470. The number of carbonyl (C=O) groups is 1. The molecule has 0 unspecified atom stereocenters. The van der Waals surface area contributed by atoms with E-state index in [-0.39, 0.29) is 22.8 Å². The number of benzene rings is 2. The van der Waals surface area contributed by atoms with Gasteiger partial charge in [0.1, 0.15) is 28.7 Å². The van der Waals surface area contributed by atoms with E-state index in [2.05, 4.69) is 5.32 Å². The molecule has 0 saturated heterocycles. The van der Waals surface area contributed by atoms with Crippen LogP contribution in [0.3, 0.4) is 0 Å². The van der Waals surface area contributed by atoms with Gasteiger partial charge in [0.15, 0.2) is 0 Å². The number of aromatic nitrogens is 1. The number of amides is 1. The topological polar surface area (TPSA) is 86.3 Å². The molecule has 0 aliphatic heterocycles. The van der Waals surface area contributed by atoms with Crippen molar-refractivity contribution in [2.45, 2.75) is 6.92 Å². The van der Waals surface area contributed by atoms with Crippen molar-refractivity contribution in [3.63, 3.8) is 0 Å². The van der Waals surface area contributed by atoms with Crippen molar-refractivity contribution in [2.24, 2.45) is 12.8 Å². The van der Waals surface area contributed by atoms with E-state index in [0.29, 0.717) is 19.9 Å². The van der Waals surface area contributed by atoms with Gasteiger partial charge < -0.3 is 15.8 Å². The number of ether oxygens (including phenoxy) is 1. The predicted molar refractivity (Wildman–Crippen MR) is 119 cm³/mol. The van der Waals surface area contributed by atoms with Crippen LogP contribution in [0.5, 0.6) is 11.5 Å². The Morgan fingerprint density at radius 3 is 2.62 bits per heavy atom. The minimum Gasteiger partial charge on any atom is -0.456 e. The minimum absolute atomic E-state index is 0.0137. The lowest BCUT2D eigenvalue weighted by molar-refractivity contribution is 0.0998. The van der Waals surface area contributed by atoms with Crippen molar-refractivity contribution in [3.05, 3.63) is 78.4 Å². The summed E-state index contributed by atoms with van der Waals surface area (Å²) in [6.07, 6.45) is 0. The summed E-state index contributed by atoms with van der Waals surface area (Å²) in [5.74, 6) is -1.07. The van der Waals surface area contributed by atoms with Crippen LogP contribution in [-0.2, 0) is 7.05 Å². The predicted octanol–water partition coefficient (Wildman–Crippen LogP) is 4.73. The second kappa shape index (κ2) is 8.42. The smallest absolute Gasteiger partial charge is 0.256 e. The molecular weight excluding hydrogens is 512 g/mol. The van der Waals surface area contributed by atoms with Crippen LogP contribution in [0.25, 0.3) is 0 Å². The lowest BCUT2D eigenvalue weighted by Crippen LogP contribution is -2.25. The van der Waals surface area contributed by atoms with E-state index in [1.807, 2.05) is 22.6 Å². The molecule has 3 aromatic rings. The first-order valence-corrected chi connectivity index (χ1v) is 9.83. The van der Waals surface area contributed by atoms with Crippen molar-refractivity contribution in [3.8, 4) is 11.5 Å². The monoisotopic (exact) mass is 527 g/mol. The lowest BCUT2D eigenvalue weighted by atomic mass is 10.2. The highest BCUT2D eigenvalue weighted by molar-refractivity contribution is 14.1. The summed E-state index contributed by atoms with van der Waals surface area (Å²) in [5, 5.41) is 3.25. The number of hydrogen-bond acceptors (Lipinski definition) is 4. The summed E-state index contributed by atoms with van der Waals surface area (Å²) in [5.41, 5.74) is 5.72. The zero-order valence-corrected chi connectivity index (χ0v) is 18.3. The highest BCUT2D eigenvalue weighted by Crippen LogP contribution is 2.34. The molecule has 1 heterocycles. The van der Waals surface area contributed by atoms with E-state index >= 15 is 0 Å². The van der Waals surface area contributed by atoms with E-state index in [0.717, 1.165) is 10.6 Å². The van der Waals surface area contributed by atoms with Gasteiger partial charge >= 0.3 is 0 Å². The molecule has 2 aromatic carbocycles. The molecule has 1 amide bonds. The standard InChI is InChI=1S/C20H16ClFIN3O3/c1-10-12(21)4-3-5-15(10)29-16-9-17(27)26(2)20(18(16)19(24)28)25-14-7-6-11(23)8-13(14)22/h3-9,25H,1-2H3,(H2,24,28). The van der Waals surface area contributed by atoms with E-state index in [9.17, 15) is 14.0 Å². The molecule has 3 N–H and O–H groups in total. The largest absolute Gasteiger partial charge is 0.456 e. The fourth-order valence-electron chi connectivity index (χ4n) is 2.68. The molecule has 0 bridgehead atoms. The van der Waals surface area contributed by atoms with Gasteiger partial charge in [-0.1, -0.05) is 17.7 Å². The first-order valence-electron chi connectivity index (χ1n) is 8.38. The second-order valence-electron chi connectivity index (χ2n) is 6.21. The number of rotatable bonds is 5. The van der Waals surface area contributed by atoms with Crippen molar-refractivity contribution < 1.29 is 13.9 Å². The zero-order chi connectivity index (χ0) is 21.3. The van der Waals surface area contributed by atoms with Crippen LogP contribution < -0.4 is 21.3 Å². The summed E-state index contributed by atoms with van der Waals surface area (Å²) < 4.78 is 22.0. The van der Waals surface area contributed by atoms with Crippen LogP contribution in [0.1, 0.15) is 15.9 Å². The van der Waals surface area contributed by atoms with Gasteiger partial charge in [0.05, 0.1) is 5.69 Å². The number of halogens is 3. The SMILES string of the molecule is Cc1c(Cl)cccc1Oc1cc(=O)n(C)c(Nc2ccc(I)cc2F)c1C(N)=O. The van der Waals surface area contributed by atoms with Crippen LogP contribution in [0, 0.1) is 16.3 Å². The van der Waals surface area contributed by atoms with Gasteiger partial charge in [0.2, 0.25) is 0 Å². The molecule has 0 radical (unpaired) electrons. The highest BCUT2D eigenvalue weighted by Gasteiger charge is 2.22. The molecule has 150 valence electrons. The molecule has 0 spiro atoms. The number of hydrogen-bond donors (Lipinski definition) is 2. The molecule has 3 rings (SSSR count). The first kappa shape index (κ1) is 21.1. The Morgan fingerprint density at radius 2 is 1.97 bits per heavy atom. The molecule has 29 heavy (non-hydrogen) atoms. The van der Waals surface area contributed by atoms with Gasteiger partial charge in [-0.25, -0.2) is 4.39 Å². The van der Waals surface area contributed by atoms with Crippen molar-refractivity contribution in [1.29, 1.82) is 0 Å². The van der Waals surface area contributed by atoms with Crippen LogP contribution in [0.2, 0.25) is 5.02 Å². The molecule has 0 aliphatic carbocycles. The Balaban J connectivity index is 2.17. The number of pyridine rings is 1. The van der Waals surface area contributed by atoms with Gasteiger partial charge in [-0.3, -0.25) is 14.2 Å². The summed E-state index contributed by atoms with van der Waals surface area (Å²) in [6.45, 7) is 1.74. The van der Waals surface area contributed by atoms with Gasteiger partial charge in [-0.05, 0) is 59.8 Å². The highest BCUT2D eigenvalue weighted by atomic mass is 127. The number of nitrogens with one attached hydrogen (secondary N) is 1. The molecule has 0 aliphatic rings. The fraction of sp³-hybridized carbons (Fsp3) is 0.100. The van der Waals surface area contributed by atoms with Crippen LogP contribution >= 0.6 is 34.2 Å². The summed E-state index contributed by atoms with van der Waals surface area (Å²) in [6, 6.07) is 10.7. The Morgan fingerprint density at radius 1 is 1.24 bits per heavy atom. The number of nitrogens with two attached hydrogens (primary N) is 1. The fourth-order valence-corrected chi connectivity index (χ4v) is 3.29. The zero-order valence-electron chi connectivity index (χ0n) is 15.4. The third-order valence-corrected chi connectivity index (χ3v) is 5.35. The molecule has 0 saturated carbocycles. The van der Waals surface area contributed by atoms with Crippen molar-refractivity contribution in [2.75, 3.05) is 5.32 Å². The Hall–Kier alpha value is -2.59. The normalized spacial score (nSPS) is 10.7. The number of anilines is 2. The van der Waals surface area contributed by atoms with Gasteiger partial charge in [0, 0.05) is 27.3 Å². The minimum atomic E-state index is -0.844. The van der Waals surface area contributed by atoms with E-state index in [1.54, 1.807) is 31.2 Å². The van der Waals surface area contributed by atoms with E-state index in [1.165, 1.54) is 19.2 Å². The lowest BCUT2D eigenvalue weighted by Gasteiger charge is -2.19. The Kier molecular flexibility index (Phi) is 6.13. The third kappa shape index (κ3) is 4.38. The number of carbonyl (C=O) groups excluding carboxylic acids is 1. The van der Waals surface area contributed by atoms with Gasteiger partial charge in [-0.15, -0.1) is 0 Å². The number of primary amides is 1. The van der Waals surface area contributed by atoms with Crippen molar-refractivity contribution in [1.82, 2.24) is 4.57 Å². The maximum Gasteiger partial charge on any atom is 0.256 e. The summed E-state index contributed by atoms with van der Waals surface area (Å²) >= 11 is 8.09. The van der Waals surface area contributed by atoms with Crippen molar-refractivity contribution >= 4 is 51.6 Å². The molecule has 9 heteroatoms. The van der Waals surface area contributed by atoms with E-state index < -0.39 is 17.3 Å². The summed E-state index contributed by atoms with van der Waals surface area (Å²) in [4.78, 5) is 24.7. The maximum absolute atomic E-state index is 14.3. The maximum atomic E-state index is 14.3.